The lowest BCUT2D eigenvalue weighted by molar-refractivity contribution is 0.505. The van der Waals surface area contributed by atoms with Gasteiger partial charge < -0.3 is 4.90 Å². The molecular formula is C9H9BrN2. The highest BCUT2D eigenvalue weighted by Crippen LogP contribution is 2.25. The van der Waals surface area contributed by atoms with E-state index in [1.165, 1.54) is 5.56 Å². The molecule has 0 amide bonds. The van der Waals surface area contributed by atoms with Crippen molar-refractivity contribution in [3.05, 3.63) is 29.8 Å². The van der Waals surface area contributed by atoms with Crippen molar-refractivity contribution in [3.8, 4) is 0 Å². The number of para-hydroxylation sites is 1. The van der Waals surface area contributed by atoms with Crippen molar-refractivity contribution in [2.75, 3.05) is 7.05 Å². The second kappa shape index (κ2) is 2.90. The minimum Gasteiger partial charge on any atom is -0.349 e. The Morgan fingerprint density at radius 2 is 2.17 bits per heavy atom. The largest absolute Gasteiger partial charge is 0.349 e. The van der Waals surface area contributed by atoms with Crippen LogP contribution < -0.4 is 0 Å². The molecule has 62 valence electrons. The van der Waals surface area contributed by atoms with Crippen LogP contribution in [0, 0.1) is 0 Å². The molecule has 0 radical (unpaired) electrons. The molecule has 0 fully saturated rings. The Hall–Kier alpha value is -0.830. The Kier molecular flexibility index (Phi) is 1.89. The number of benzene rings is 1. The lowest BCUT2D eigenvalue weighted by Gasteiger charge is -2.22. The van der Waals surface area contributed by atoms with Crippen molar-refractivity contribution < 1.29 is 0 Å². The van der Waals surface area contributed by atoms with Crippen molar-refractivity contribution in [1.29, 1.82) is 0 Å². The van der Waals surface area contributed by atoms with Gasteiger partial charge in [-0.3, -0.25) is 0 Å². The van der Waals surface area contributed by atoms with Gasteiger partial charge in [0.05, 0.1) is 5.69 Å². The number of aliphatic imine (C=N–C) groups is 1. The third-order valence-electron chi connectivity index (χ3n) is 1.93. The monoisotopic (exact) mass is 224 g/mol. The van der Waals surface area contributed by atoms with Gasteiger partial charge in [-0.25, -0.2) is 4.99 Å². The van der Waals surface area contributed by atoms with Crippen LogP contribution in [0.25, 0.3) is 0 Å². The summed E-state index contributed by atoms with van der Waals surface area (Å²) in [5, 5.41) is 0. The quantitative estimate of drug-likeness (QED) is 0.619. The number of halogens is 1. The molecule has 0 saturated carbocycles. The third kappa shape index (κ3) is 1.25. The summed E-state index contributed by atoms with van der Waals surface area (Å²) in [5.74, 6) is 0. The van der Waals surface area contributed by atoms with Crippen LogP contribution in [0.3, 0.4) is 0 Å². The Labute approximate surface area is 80.0 Å². The molecule has 0 bridgehead atoms. The number of hydrogen-bond acceptors (Lipinski definition) is 2. The van der Waals surface area contributed by atoms with Gasteiger partial charge in [0.25, 0.3) is 0 Å². The van der Waals surface area contributed by atoms with Crippen LogP contribution in [0.2, 0.25) is 0 Å². The van der Waals surface area contributed by atoms with Crippen molar-refractivity contribution in [3.63, 3.8) is 0 Å². The Balaban J connectivity index is 2.49. The first kappa shape index (κ1) is 7.80. The van der Waals surface area contributed by atoms with Gasteiger partial charge in [0.2, 0.25) is 0 Å². The topological polar surface area (TPSA) is 15.6 Å². The molecule has 0 spiro atoms. The zero-order valence-corrected chi connectivity index (χ0v) is 8.37. The molecule has 0 saturated heterocycles. The molecule has 0 atom stereocenters. The summed E-state index contributed by atoms with van der Waals surface area (Å²) in [5.41, 5.74) is 2.35. The number of rotatable bonds is 0. The van der Waals surface area contributed by atoms with E-state index in [-0.39, 0.29) is 0 Å². The summed E-state index contributed by atoms with van der Waals surface area (Å²) in [6.45, 7) is 0.931. The minimum absolute atomic E-state index is 0.904. The molecule has 1 aliphatic heterocycles. The first-order valence-electron chi connectivity index (χ1n) is 3.80. The fraction of sp³-hybridized carbons (Fsp3) is 0.222. The van der Waals surface area contributed by atoms with Crippen molar-refractivity contribution in [2.24, 2.45) is 4.99 Å². The number of nitrogens with zero attached hydrogens (tertiary/aromatic N) is 2. The smallest absolute Gasteiger partial charge is 0.173 e. The molecule has 3 heteroatoms. The summed E-state index contributed by atoms with van der Waals surface area (Å²) in [6, 6.07) is 8.19. The normalized spacial score (nSPS) is 15.5. The maximum absolute atomic E-state index is 4.39. The molecule has 2 nitrogen and oxygen atoms in total. The molecule has 0 N–H and O–H groups in total. The van der Waals surface area contributed by atoms with E-state index in [9.17, 15) is 0 Å². The van der Waals surface area contributed by atoms with Gasteiger partial charge in [-0.1, -0.05) is 18.2 Å². The average molecular weight is 225 g/mol. The standard InChI is InChI=1S/C9H9BrN2/c1-12-6-7-4-2-3-5-8(7)11-9(12)10/h2-5H,6H2,1H3. The van der Waals surface area contributed by atoms with Crippen LogP contribution in [0.4, 0.5) is 5.69 Å². The molecule has 2 rings (SSSR count). The van der Waals surface area contributed by atoms with E-state index in [1.54, 1.807) is 0 Å². The first-order valence-corrected chi connectivity index (χ1v) is 4.60. The van der Waals surface area contributed by atoms with Gasteiger partial charge in [0.1, 0.15) is 0 Å². The highest BCUT2D eigenvalue weighted by atomic mass is 79.9. The first-order chi connectivity index (χ1) is 5.77. The van der Waals surface area contributed by atoms with E-state index in [2.05, 4.69) is 31.9 Å². The Bertz CT molecular complexity index is 333. The second-order valence-electron chi connectivity index (χ2n) is 2.87. The van der Waals surface area contributed by atoms with Gasteiger partial charge >= 0.3 is 0 Å². The zero-order chi connectivity index (χ0) is 8.55. The summed E-state index contributed by atoms with van der Waals surface area (Å²) in [4.78, 5) is 6.46. The fourth-order valence-electron chi connectivity index (χ4n) is 1.26. The van der Waals surface area contributed by atoms with Gasteiger partial charge in [-0.15, -0.1) is 0 Å². The van der Waals surface area contributed by atoms with Crippen LogP contribution in [0.5, 0.6) is 0 Å². The van der Waals surface area contributed by atoms with Crippen LogP contribution in [0.15, 0.2) is 29.3 Å². The summed E-state index contributed by atoms with van der Waals surface area (Å²) in [6.07, 6.45) is 0. The molecule has 1 aromatic rings. The highest BCUT2D eigenvalue weighted by molar-refractivity contribution is 9.18. The van der Waals surface area contributed by atoms with E-state index < -0.39 is 0 Å². The highest BCUT2D eigenvalue weighted by Gasteiger charge is 2.12. The maximum Gasteiger partial charge on any atom is 0.173 e. The van der Waals surface area contributed by atoms with Gasteiger partial charge in [-0.2, -0.15) is 0 Å². The maximum atomic E-state index is 4.39. The van der Waals surface area contributed by atoms with Crippen LogP contribution in [-0.2, 0) is 6.54 Å². The van der Waals surface area contributed by atoms with Crippen molar-refractivity contribution >= 4 is 26.4 Å². The van der Waals surface area contributed by atoms with E-state index in [0.29, 0.717) is 0 Å². The van der Waals surface area contributed by atoms with Gasteiger partial charge in [0.15, 0.2) is 4.74 Å². The van der Waals surface area contributed by atoms with Crippen LogP contribution in [0.1, 0.15) is 5.56 Å². The molecule has 1 aliphatic rings. The second-order valence-corrected chi connectivity index (χ2v) is 3.57. The summed E-state index contributed by atoms with van der Waals surface area (Å²) < 4.78 is 0.904. The molecule has 0 aromatic heterocycles. The minimum atomic E-state index is 0.904. The predicted molar refractivity (Wildman–Crippen MR) is 53.9 cm³/mol. The predicted octanol–water partition coefficient (Wildman–Crippen LogP) is 2.51. The molecule has 0 aliphatic carbocycles. The number of hydrogen-bond donors (Lipinski definition) is 0. The zero-order valence-electron chi connectivity index (χ0n) is 6.79. The molecule has 1 aromatic carbocycles. The summed E-state index contributed by atoms with van der Waals surface area (Å²) in [7, 11) is 2.02. The van der Waals surface area contributed by atoms with E-state index in [4.69, 9.17) is 0 Å². The van der Waals surface area contributed by atoms with Crippen molar-refractivity contribution in [2.45, 2.75) is 6.54 Å². The SMILES string of the molecule is CN1Cc2ccccc2N=C1Br. The lowest BCUT2D eigenvalue weighted by atomic mass is 10.1. The lowest BCUT2D eigenvalue weighted by Crippen LogP contribution is -2.23. The van der Waals surface area contributed by atoms with Crippen LogP contribution in [-0.4, -0.2) is 16.7 Å². The van der Waals surface area contributed by atoms with Gasteiger partial charge in [-0.05, 0) is 27.6 Å². The van der Waals surface area contributed by atoms with Crippen molar-refractivity contribution in [1.82, 2.24) is 4.90 Å². The molecule has 0 unspecified atom stereocenters. The fourth-order valence-corrected chi connectivity index (χ4v) is 1.58. The number of amidine groups is 1. The van der Waals surface area contributed by atoms with E-state index in [0.717, 1.165) is 17.0 Å². The Morgan fingerprint density at radius 1 is 1.42 bits per heavy atom. The third-order valence-corrected chi connectivity index (χ3v) is 2.71. The molecular weight excluding hydrogens is 216 g/mol. The molecule has 12 heavy (non-hydrogen) atoms. The average Bonchev–Trinajstić information content (AvgIpc) is 2.07. The molecule has 1 heterocycles. The Morgan fingerprint density at radius 3 is 3.00 bits per heavy atom. The number of fused-ring (bicyclic) bond motifs is 1. The van der Waals surface area contributed by atoms with E-state index in [1.807, 2.05) is 25.2 Å². The van der Waals surface area contributed by atoms with E-state index >= 15 is 0 Å². The summed E-state index contributed by atoms with van der Waals surface area (Å²) >= 11 is 3.40. The van der Waals surface area contributed by atoms with Crippen LogP contribution >= 0.6 is 15.9 Å². The van der Waals surface area contributed by atoms with Gasteiger partial charge in [0, 0.05) is 13.6 Å².